The predicted octanol–water partition coefficient (Wildman–Crippen LogP) is 3.65. The molecule has 0 aliphatic rings. The van der Waals surface area contributed by atoms with Crippen LogP contribution in [0.5, 0.6) is 0 Å². The Morgan fingerprint density at radius 2 is 1.92 bits per heavy atom. The number of nitrogens with one attached hydrogen (secondary N) is 1. The Hall–Kier alpha value is -2.55. The first-order chi connectivity index (χ1) is 11.6. The molecule has 0 spiro atoms. The minimum atomic E-state index is -4.93. The van der Waals surface area contributed by atoms with E-state index >= 15 is 0 Å². The number of aromatic amines is 1. The number of H-pyrrole nitrogens is 1. The maximum Gasteiger partial charge on any atom is 0.431 e. The number of hydrogen-bond donors (Lipinski definition) is 1. The van der Waals surface area contributed by atoms with E-state index in [-0.39, 0.29) is 26.6 Å². The van der Waals surface area contributed by atoms with Gasteiger partial charge in [-0.3, -0.25) is 4.79 Å². The molecular formula is C15H9ClF4N2O3. The summed E-state index contributed by atoms with van der Waals surface area (Å²) in [4.78, 5) is 25.6. The van der Waals surface area contributed by atoms with E-state index in [1.165, 1.54) is 11.1 Å². The molecule has 0 fully saturated rings. The van der Waals surface area contributed by atoms with Gasteiger partial charge in [0.05, 0.1) is 5.02 Å². The highest BCUT2D eigenvalue weighted by Gasteiger charge is 2.33. The van der Waals surface area contributed by atoms with E-state index in [0.29, 0.717) is 12.2 Å². The second kappa shape index (κ2) is 5.76. The molecule has 3 aromatic rings. The summed E-state index contributed by atoms with van der Waals surface area (Å²) in [5.41, 5.74) is -5.13. The van der Waals surface area contributed by atoms with Crippen molar-refractivity contribution in [3.05, 3.63) is 61.3 Å². The summed E-state index contributed by atoms with van der Waals surface area (Å²) >= 11 is 5.93. The zero-order valence-electron chi connectivity index (χ0n) is 12.5. The summed E-state index contributed by atoms with van der Waals surface area (Å²) in [6, 6.07) is 2.53. The molecule has 0 saturated heterocycles. The van der Waals surface area contributed by atoms with Crippen LogP contribution in [0.1, 0.15) is 18.4 Å². The van der Waals surface area contributed by atoms with Gasteiger partial charge in [-0.15, -0.1) is 0 Å². The van der Waals surface area contributed by atoms with E-state index in [0.717, 1.165) is 6.07 Å². The molecule has 0 bridgehead atoms. The van der Waals surface area contributed by atoms with Crippen molar-refractivity contribution in [2.75, 3.05) is 0 Å². The molecule has 0 radical (unpaired) electrons. The van der Waals surface area contributed by atoms with Crippen LogP contribution < -0.4 is 11.2 Å². The molecule has 0 atom stereocenters. The molecule has 132 valence electrons. The first kappa shape index (κ1) is 17.3. The number of nitrogens with zero attached hydrogens (tertiary/aromatic N) is 1. The summed E-state index contributed by atoms with van der Waals surface area (Å²) in [7, 11) is 0. The van der Waals surface area contributed by atoms with Crippen molar-refractivity contribution >= 4 is 22.6 Å². The monoisotopic (exact) mass is 376 g/mol. The van der Waals surface area contributed by atoms with E-state index in [4.69, 9.17) is 16.0 Å². The van der Waals surface area contributed by atoms with Gasteiger partial charge in [0.2, 0.25) is 0 Å². The molecule has 2 aromatic heterocycles. The van der Waals surface area contributed by atoms with Crippen molar-refractivity contribution in [1.82, 2.24) is 9.55 Å². The molecule has 0 amide bonds. The highest BCUT2D eigenvalue weighted by Crippen LogP contribution is 2.33. The number of aryl methyl sites for hydroxylation is 1. The van der Waals surface area contributed by atoms with Gasteiger partial charge in [0.1, 0.15) is 17.1 Å². The van der Waals surface area contributed by atoms with Gasteiger partial charge < -0.3 is 9.40 Å². The maximum atomic E-state index is 14.4. The lowest BCUT2D eigenvalue weighted by Gasteiger charge is -2.10. The second-order valence-corrected chi connectivity index (χ2v) is 5.56. The normalized spacial score (nSPS) is 12.1. The molecule has 1 N–H and O–H groups in total. The summed E-state index contributed by atoms with van der Waals surface area (Å²) in [5.74, 6) is -0.679. The number of fused-ring (bicyclic) bond motifs is 1. The van der Waals surface area contributed by atoms with Gasteiger partial charge in [0.15, 0.2) is 11.4 Å². The Morgan fingerprint density at radius 1 is 1.24 bits per heavy atom. The van der Waals surface area contributed by atoms with E-state index in [1.54, 1.807) is 6.92 Å². The fraction of sp³-hybridized carbons (Fsp3) is 0.200. The second-order valence-electron chi connectivity index (χ2n) is 5.16. The van der Waals surface area contributed by atoms with Gasteiger partial charge in [-0.2, -0.15) is 13.2 Å². The number of rotatable bonds is 2. The van der Waals surface area contributed by atoms with Crippen molar-refractivity contribution in [2.45, 2.75) is 19.5 Å². The van der Waals surface area contributed by atoms with Gasteiger partial charge in [-0.25, -0.2) is 13.8 Å². The molecule has 0 aliphatic carbocycles. The van der Waals surface area contributed by atoms with E-state index in [2.05, 4.69) is 0 Å². The molecular weight excluding hydrogens is 368 g/mol. The van der Waals surface area contributed by atoms with Crippen LogP contribution in [0.4, 0.5) is 17.6 Å². The largest absolute Gasteiger partial charge is 0.459 e. The lowest BCUT2D eigenvalue weighted by molar-refractivity contribution is -0.141. The Morgan fingerprint density at radius 3 is 2.48 bits per heavy atom. The molecule has 1 aromatic carbocycles. The van der Waals surface area contributed by atoms with Crippen LogP contribution in [-0.4, -0.2) is 9.55 Å². The van der Waals surface area contributed by atoms with Crippen LogP contribution in [0.15, 0.2) is 32.2 Å². The van der Waals surface area contributed by atoms with Crippen LogP contribution >= 0.6 is 11.6 Å². The smallest absolute Gasteiger partial charge is 0.431 e. The van der Waals surface area contributed by atoms with Crippen molar-refractivity contribution in [2.24, 2.45) is 0 Å². The average Bonchev–Trinajstić information content (AvgIpc) is 2.93. The highest BCUT2D eigenvalue weighted by molar-refractivity contribution is 6.35. The van der Waals surface area contributed by atoms with E-state index < -0.39 is 34.6 Å². The van der Waals surface area contributed by atoms with Crippen LogP contribution in [0.25, 0.3) is 16.7 Å². The highest BCUT2D eigenvalue weighted by atomic mass is 35.5. The number of halogens is 5. The minimum absolute atomic E-state index is 0.0175. The fourth-order valence-electron chi connectivity index (χ4n) is 2.40. The quantitative estimate of drug-likeness (QED) is 0.694. The third-order valence-electron chi connectivity index (χ3n) is 3.55. The van der Waals surface area contributed by atoms with Gasteiger partial charge in [0, 0.05) is 17.9 Å². The Labute approximate surface area is 141 Å². The zero-order valence-corrected chi connectivity index (χ0v) is 13.3. The van der Waals surface area contributed by atoms with Crippen LogP contribution in [0, 0.1) is 5.82 Å². The summed E-state index contributed by atoms with van der Waals surface area (Å²) in [5, 5.41) is 0.220. The number of furan rings is 1. The molecule has 25 heavy (non-hydrogen) atoms. The molecule has 0 saturated carbocycles. The number of aromatic nitrogens is 2. The van der Waals surface area contributed by atoms with Crippen molar-refractivity contribution in [1.29, 1.82) is 0 Å². The van der Waals surface area contributed by atoms with Gasteiger partial charge >= 0.3 is 11.9 Å². The van der Waals surface area contributed by atoms with Crippen molar-refractivity contribution in [3.8, 4) is 5.69 Å². The van der Waals surface area contributed by atoms with E-state index in [9.17, 15) is 27.2 Å². The number of hydrogen-bond acceptors (Lipinski definition) is 3. The van der Waals surface area contributed by atoms with Crippen molar-refractivity contribution < 1.29 is 22.0 Å². The van der Waals surface area contributed by atoms with E-state index in [1.807, 2.05) is 0 Å². The number of alkyl halides is 3. The van der Waals surface area contributed by atoms with Gasteiger partial charge in [-0.05, 0) is 12.1 Å². The summed E-state index contributed by atoms with van der Waals surface area (Å²) < 4.78 is 58.1. The Balaban J connectivity index is 2.40. The molecule has 2 heterocycles. The molecule has 3 rings (SSSR count). The minimum Gasteiger partial charge on any atom is -0.459 e. The van der Waals surface area contributed by atoms with Gasteiger partial charge in [0.25, 0.3) is 5.56 Å². The van der Waals surface area contributed by atoms with Crippen molar-refractivity contribution in [3.63, 3.8) is 0 Å². The predicted molar refractivity (Wildman–Crippen MR) is 81.8 cm³/mol. The summed E-state index contributed by atoms with van der Waals surface area (Å²) in [6.07, 6.45) is -4.50. The van der Waals surface area contributed by atoms with Crippen LogP contribution in [0.3, 0.4) is 0 Å². The zero-order chi connectivity index (χ0) is 18.5. The van der Waals surface area contributed by atoms with Crippen LogP contribution in [-0.2, 0) is 12.6 Å². The Kier molecular flexibility index (Phi) is 3.98. The lowest BCUT2D eigenvalue weighted by atomic mass is 10.2. The fourth-order valence-corrected chi connectivity index (χ4v) is 2.64. The lowest BCUT2D eigenvalue weighted by Crippen LogP contribution is -2.36. The molecule has 5 nitrogen and oxygen atoms in total. The Bertz CT molecular complexity index is 1060. The average molecular weight is 377 g/mol. The first-order valence-corrected chi connectivity index (χ1v) is 7.35. The standard InChI is InChI=1S/C15H9ClF4N2O3/c1-2-6-3-7-8(16)4-9(17)12(13(7)25-6)22-11(23)5-10(15(18,19)20)21-14(22)24/h3-5H,2H2,1H3,(H,21,24). The third kappa shape index (κ3) is 2.84. The molecule has 0 unspecified atom stereocenters. The van der Waals surface area contributed by atoms with Gasteiger partial charge in [-0.1, -0.05) is 18.5 Å². The topological polar surface area (TPSA) is 68.0 Å². The van der Waals surface area contributed by atoms with Crippen LogP contribution in [0.2, 0.25) is 5.02 Å². The maximum absolute atomic E-state index is 14.4. The molecule has 0 aliphatic heterocycles. The molecule has 10 heteroatoms. The SMILES string of the molecule is CCc1cc2c(Cl)cc(F)c(-n3c(=O)cc(C(F)(F)F)[nH]c3=O)c2o1. The third-order valence-corrected chi connectivity index (χ3v) is 3.86. The number of benzene rings is 1. The summed E-state index contributed by atoms with van der Waals surface area (Å²) in [6.45, 7) is 1.75. The first-order valence-electron chi connectivity index (χ1n) is 6.97.